The van der Waals surface area contributed by atoms with Gasteiger partial charge in [-0.05, 0) is 42.9 Å². The van der Waals surface area contributed by atoms with Crippen molar-refractivity contribution in [3.8, 4) is 11.8 Å². The lowest BCUT2D eigenvalue weighted by Gasteiger charge is -2.39. The van der Waals surface area contributed by atoms with Crippen molar-refractivity contribution in [3.63, 3.8) is 0 Å². The lowest BCUT2D eigenvalue weighted by molar-refractivity contribution is -0.128. The molecule has 1 aromatic carbocycles. The number of carbonyl (C=O) groups excluding carboxylic acids is 1. The first-order valence-electron chi connectivity index (χ1n) is 10.5. The maximum atomic E-state index is 13.1. The van der Waals surface area contributed by atoms with Crippen LogP contribution in [0.25, 0.3) is 11.0 Å². The molecule has 1 aliphatic carbocycles. The summed E-state index contributed by atoms with van der Waals surface area (Å²) in [4.78, 5) is 27.4. The fourth-order valence-corrected chi connectivity index (χ4v) is 4.79. The highest BCUT2D eigenvalue weighted by Crippen LogP contribution is 2.56. The number of fused-ring (bicyclic) bond motifs is 1. The van der Waals surface area contributed by atoms with Crippen molar-refractivity contribution in [3.05, 3.63) is 47.9 Å². The van der Waals surface area contributed by atoms with Gasteiger partial charge in [-0.3, -0.25) is 4.79 Å². The van der Waals surface area contributed by atoms with Crippen molar-refractivity contribution in [2.75, 3.05) is 25.1 Å². The maximum Gasteiger partial charge on any atom is 0.224 e. The lowest BCUT2D eigenvalue weighted by atomic mass is 9.81. The second-order valence-corrected chi connectivity index (χ2v) is 8.42. The molecule has 8 nitrogen and oxygen atoms in total. The number of H-pyrrole nitrogens is 1. The number of aromatic amines is 1. The molecule has 1 spiro atoms. The zero-order valence-corrected chi connectivity index (χ0v) is 17.4. The Morgan fingerprint density at radius 1 is 1.39 bits per heavy atom. The molecule has 1 saturated carbocycles. The summed E-state index contributed by atoms with van der Waals surface area (Å²) >= 11 is 0. The summed E-state index contributed by atoms with van der Waals surface area (Å²) in [6.45, 7) is 2.01. The van der Waals surface area contributed by atoms with Crippen LogP contribution in [0.4, 0.5) is 5.82 Å². The molecule has 5 rings (SSSR count). The largest absolute Gasteiger partial charge is 0.496 e. The van der Waals surface area contributed by atoms with Gasteiger partial charge in [0.1, 0.15) is 23.5 Å². The van der Waals surface area contributed by atoms with Crippen LogP contribution < -0.4 is 15.0 Å². The Bertz CT molecular complexity index is 1180. The normalized spacial score (nSPS) is 19.2. The number of ether oxygens (including phenoxy) is 1. The molecule has 2 fully saturated rings. The quantitative estimate of drug-likeness (QED) is 0.662. The van der Waals surface area contributed by atoms with Crippen molar-refractivity contribution >= 4 is 22.8 Å². The number of carbonyl (C=O) groups is 1. The van der Waals surface area contributed by atoms with E-state index < -0.39 is 0 Å². The smallest absolute Gasteiger partial charge is 0.224 e. The minimum atomic E-state index is -0.00307. The number of rotatable bonds is 5. The Morgan fingerprint density at radius 2 is 2.26 bits per heavy atom. The Balaban J connectivity index is 1.28. The van der Waals surface area contributed by atoms with E-state index in [0.29, 0.717) is 17.9 Å². The van der Waals surface area contributed by atoms with Crippen molar-refractivity contribution < 1.29 is 9.53 Å². The van der Waals surface area contributed by atoms with E-state index in [-0.39, 0.29) is 17.2 Å². The fraction of sp³-hybridized carbons (Fsp3) is 0.391. The van der Waals surface area contributed by atoms with Crippen LogP contribution in [0.5, 0.6) is 5.75 Å². The first kappa shape index (κ1) is 19.4. The van der Waals surface area contributed by atoms with Crippen molar-refractivity contribution in [1.29, 1.82) is 5.26 Å². The maximum absolute atomic E-state index is 13.1. The van der Waals surface area contributed by atoms with Crippen LogP contribution in [0.15, 0.2) is 36.8 Å². The molecule has 1 aliphatic heterocycles. The average Bonchev–Trinajstić information content (AvgIpc) is 3.38. The summed E-state index contributed by atoms with van der Waals surface area (Å²) in [6, 6.07) is 9.40. The minimum absolute atomic E-state index is 0.00307. The van der Waals surface area contributed by atoms with Gasteiger partial charge in [0, 0.05) is 37.3 Å². The molecular formula is C23H24N6O2. The van der Waals surface area contributed by atoms with E-state index in [9.17, 15) is 4.79 Å². The highest BCUT2D eigenvalue weighted by atomic mass is 16.5. The second-order valence-electron chi connectivity index (χ2n) is 8.42. The van der Waals surface area contributed by atoms with Crippen LogP contribution in [0, 0.1) is 22.7 Å². The van der Waals surface area contributed by atoms with E-state index >= 15 is 0 Å². The van der Waals surface area contributed by atoms with Crippen LogP contribution in [0.3, 0.4) is 0 Å². The number of amides is 1. The summed E-state index contributed by atoms with van der Waals surface area (Å²) in [6.07, 6.45) is 6.39. The lowest BCUT2D eigenvalue weighted by Crippen LogP contribution is -2.48. The van der Waals surface area contributed by atoms with Gasteiger partial charge in [0.2, 0.25) is 5.91 Å². The predicted molar refractivity (Wildman–Crippen MR) is 115 cm³/mol. The molecule has 158 valence electrons. The highest BCUT2D eigenvalue weighted by molar-refractivity contribution is 5.87. The average molecular weight is 416 g/mol. The summed E-state index contributed by atoms with van der Waals surface area (Å²) < 4.78 is 5.39. The third-order valence-corrected chi connectivity index (χ3v) is 6.64. The summed E-state index contributed by atoms with van der Waals surface area (Å²) in [5.74, 6) is 1.66. The van der Waals surface area contributed by atoms with Crippen molar-refractivity contribution in [1.82, 2.24) is 20.3 Å². The van der Waals surface area contributed by atoms with Gasteiger partial charge in [0.05, 0.1) is 24.1 Å². The van der Waals surface area contributed by atoms with Crippen LogP contribution in [-0.2, 0) is 11.3 Å². The van der Waals surface area contributed by atoms with Gasteiger partial charge in [0.25, 0.3) is 0 Å². The Hall–Kier alpha value is -3.60. The van der Waals surface area contributed by atoms with E-state index in [0.717, 1.165) is 54.8 Å². The Kier molecular flexibility index (Phi) is 4.74. The monoisotopic (exact) mass is 416 g/mol. The number of aromatic nitrogens is 3. The van der Waals surface area contributed by atoms with Crippen LogP contribution in [0.2, 0.25) is 0 Å². The van der Waals surface area contributed by atoms with E-state index in [1.165, 1.54) is 0 Å². The molecular weight excluding hydrogens is 392 g/mol. The number of anilines is 1. The molecule has 1 amide bonds. The third kappa shape index (κ3) is 3.46. The molecule has 2 N–H and O–H groups in total. The SMILES string of the molecule is COc1cc(C#N)ccc1CNC(=O)[C@H]1CCN(c2ncnc3[nH]ccc23)CC12CC2. The second kappa shape index (κ2) is 7.58. The number of nitrogens with one attached hydrogen (secondary N) is 2. The summed E-state index contributed by atoms with van der Waals surface area (Å²) in [5.41, 5.74) is 2.27. The number of methoxy groups -OCH3 is 1. The molecule has 0 unspecified atom stereocenters. The van der Waals surface area contributed by atoms with Crippen LogP contribution in [0.1, 0.15) is 30.4 Å². The van der Waals surface area contributed by atoms with E-state index in [1.807, 2.05) is 18.3 Å². The summed E-state index contributed by atoms with van der Waals surface area (Å²) in [5, 5.41) is 13.2. The number of nitrogens with zero attached hydrogens (tertiary/aromatic N) is 4. The molecule has 0 bridgehead atoms. The van der Waals surface area contributed by atoms with Gasteiger partial charge in [0.15, 0.2) is 0 Å². The number of nitriles is 1. The molecule has 3 heterocycles. The van der Waals surface area contributed by atoms with Gasteiger partial charge in [-0.15, -0.1) is 0 Å². The zero-order chi connectivity index (χ0) is 21.4. The highest BCUT2D eigenvalue weighted by Gasteiger charge is 2.55. The topological polar surface area (TPSA) is 107 Å². The Morgan fingerprint density at radius 3 is 3.03 bits per heavy atom. The fourth-order valence-electron chi connectivity index (χ4n) is 4.79. The van der Waals surface area contributed by atoms with Crippen LogP contribution >= 0.6 is 0 Å². The van der Waals surface area contributed by atoms with E-state index in [1.54, 1.807) is 25.6 Å². The van der Waals surface area contributed by atoms with Crippen molar-refractivity contribution in [2.24, 2.45) is 11.3 Å². The zero-order valence-electron chi connectivity index (χ0n) is 17.4. The Labute approximate surface area is 180 Å². The molecule has 2 aromatic heterocycles. The van der Waals surface area contributed by atoms with E-state index in [4.69, 9.17) is 10.00 Å². The molecule has 0 radical (unpaired) electrons. The standard InChI is InChI=1S/C23H24N6O2/c1-31-19-10-15(11-24)2-3-16(19)12-26-22(30)18-5-9-29(13-23(18)6-7-23)21-17-4-8-25-20(17)27-14-28-21/h2-4,8,10,14,18H,5-7,9,12-13H2,1H3,(H,26,30)(H,25,27,28)/t18-/m1/s1. The molecule has 1 atom stereocenters. The number of hydrogen-bond donors (Lipinski definition) is 2. The van der Waals surface area contributed by atoms with Gasteiger partial charge >= 0.3 is 0 Å². The van der Waals surface area contributed by atoms with E-state index in [2.05, 4.69) is 31.2 Å². The van der Waals surface area contributed by atoms with Gasteiger partial charge in [-0.25, -0.2) is 9.97 Å². The minimum Gasteiger partial charge on any atom is -0.496 e. The number of hydrogen-bond acceptors (Lipinski definition) is 6. The van der Waals surface area contributed by atoms with Crippen LogP contribution in [-0.4, -0.2) is 41.1 Å². The number of piperidine rings is 1. The molecule has 1 saturated heterocycles. The predicted octanol–water partition coefficient (Wildman–Crippen LogP) is 2.76. The third-order valence-electron chi connectivity index (χ3n) is 6.64. The molecule has 8 heteroatoms. The van der Waals surface area contributed by atoms with Gasteiger partial charge in [-0.1, -0.05) is 6.07 Å². The number of benzene rings is 1. The first-order valence-corrected chi connectivity index (χ1v) is 10.5. The van der Waals surface area contributed by atoms with Crippen molar-refractivity contribution in [2.45, 2.75) is 25.8 Å². The molecule has 2 aliphatic rings. The first-order chi connectivity index (χ1) is 15.1. The van der Waals surface area contributed by atoms with Gasteiger partial charge in [-0.2, -0.15) is 5.26 Å². The molecule has 3 aromatic rings. The van der Waals surface area contributed by atoms with Gasteiger partial charge < -0.3 is 19.9 Å². The summed E-state index contributed by atoms with van der Waals surface area (Å²) in [7, 11) is 1.57. The molecule has 31 heavy (non-hydrogen) atoms.